The Kier molecular flexibility index (Phi) is 6.31. The molecule has 2 rings (SSSR count). The molecule has 1 aliphatic carbocycles. The van der Waals surface area contributed by atoms with Crippen LogP contribution in [0.3, 0.4) is 0 Å². The molecule has 1 aliphatic heterocycles. The summed E-state index contributed by atoms with van der Waals surface area (Å²) in [6.07, 6.45) is 2.43. The van der Waals surface area contributed by atoms with Crippen molar-refractivity contribution in [2.24, 2.45) is 4.99 Å². The van der Waals surface area contributed by atoms with E-state index in [9.17, 15) is 4.79 Å². The van der Waals surface area contributed by atoms with E-state index in [1.807, 2.05) is 11.8 Å². The Bertz CT molecular complexity index is 404. The molecule has 0 aromatic heterocycles. The predicted molar refractivity (Wildman–Crippen MR) is 97.2 cm³/mol. The van der Waals surface area contributed by atoms with Crippen molar-refractivity contribution in [3.05, 3.63) is 0 Å². The van der Waals surface area contributed by atoms with E-state index in [2.05, 4.69) is 42.9 Å². The molecule has 5 nitrogen and oxygen atoms in total. The highest BCUT2D eigenvalue weighted by molar-refractivity contribution is 14.0. The molecule has 1 saturated carbocycles. The molecule has 0 unspecified atom stereocenters. The van der Waals surface area contributed by atoms with Crippen LogP contribution in [0.1, 0.15) is 47.5 Å². The van der Waals surface area contributed by atoms with Gasteiger partial charge in [0.05, 0.1) is 12.1 Å². The number of hydrogen-bond acceptors (Lipinski definition) is 2. The number of rotatable bonds is 3. The van der Waals surface area contributed by atoms with Gasteiger partial charge in [0.1, 0.15) is 0 Å². The minimum absolute atomic E-state index is 0. The summed E-state index contributed by atoms with van der Waals surface area (Å²) < 4.78 is 0. The number of halogens is 1. The number of aliphatic imine (C=N–C) groups is 1. The molecule has 0 radical (unpaired) electrons. The lowest BCUT2D eigenvalue weighted by atomic mass is 9.96. The van der Waals surface area contributed by atoms with E-state index < -0.39 is 0 Å². The quantitative estimate of drug-likeness (QED) is 0.442. The highest BCUT2D eigenvalue weighted by atomic mass is 127. The average Bonchev–Trinajstić information content (AvgIpc) is 3.09. The van der Waals surface area contributed by atoms with Crippen LogP contribution in [0, 0.1) is 0 Å². The van der Waals surface area contributed by atoms with Crippen molar-refractivity contribution in [2.75, 3.05) is 19.6 Å². The van der Waals surface area contributed by atoms with Gasteiger partial charge < -0.3 is 15.1 Å². The van der Waals surface area contributed by atoms with E-state index in [1.165, 1.54) is 12.8 Å². The minimum Gasteiger partial charge on any atom is -0.353 e. The molecule has 1 amide bonds. The Labute approximate surface area is 145 Å². The monoisotopic (exact) mass is 408 g/mol. The van der Waals surface area contributed by atoms with Crippen molar-refractivity contribution >= 4 is 35.8 Å². The number of hydrogen-bond donors (Lipinski definition) is 1. The highest BCUT2D eigenvalue weighted by Crippen LogP contribution is 2.25. The molecule has 0 aromatic carbocycles. The summed E-state index contributed by atoms with van der Waals surface area (Å²) in [5, 5.41) is 3.47. The van der Waals surface area contributed by atoms with Crippen LogP contribution >= 0.6 is 24.0 Å². The summed E-state index contributed by atoms with van der Waals surface area (Å²) in [6, 6.07) is 0.796. The van der Waals surface area contributed by atoms with Gasteiger partial charge in [-0.25, -0.2) is 0 Å². The van der Waals surface area contributed by atoms with Crippen LogP contribution in [0.2, 0.25) is 0 Å². The number of amides is 1. The van der Waals surface area contributed by atoms with Gasteiger partial charge in [-0.3, -0.25) is 9.79 Å². The second-order valence-electron chi connectivity index (χ2n) is 6.74. The standard InChI is InChI=1S/C15H28N4O.HI/c1-6-16-14(17-12-7-8-12)18-9-13(20)19(11(2)3)15(4,5)10-18;/h11-12H,6-10H2,1-5H3,(H,16,17);1H. The predicted octanol–water partition coefficient (Wildman–Crippen LogP) is 2.06. The van der Waals surface area contributed by atoms with Crippen molar-refractivity contribution in [3.8, 4) is 0 Å². The second kappa shape index (κ2) is 7.15. The maximum atomic E-state index is 12.5. The SMILES string of the molecule is CCN=C(NC1CC1)N1CC(=O)N(C(C)C)C(C)(C)C1.I. The lowest BCUT2D eigenvalue weighted by molar-refractivity contribution is -0.145. The molecule has 0 aromatic rings. The first kappa shape index (κ1) is 18.5. The third-order valence-corrected chi connectivity index (χ3v) is 3.86. The van der Waals surface area contributed by atoms with Gasteiger partial charge in [0.2, 0.25) is 5.91 Å². The fourth-order valence-corrected chi connectivity index (χ4v) is 3.11. The fourth-order valence-electron chi connectivity index (χ4n) is 3.11. The Balaban J connectivity index is 0.00000220. The third kappa shape index (κ3) is 4.47. The summed E-state index contributed by atoms with van der Waals surface area (Å²) in [4.78, 5) is 21.2. The molecular weight excluding hydrogens is 379 g/mol. The summed E-state index contributed by atoms with van der Waals surface area (Å²) in [5.41, 5.74) is -0.163. The number of nitrogens with zero attached hydrogens (tertiary/aromatic N) is 3. The molecule has 0 atom stereocenters. The number of carbonyl (C=O) groups is 1. The van der Waals surface area contributed by atoms with Crippen LogP contribution in [0.15, 0.2) is 4.99 Å². The Hall–Kier alpha value is -0.530. The van der Waals surface area contributed by atoms with E-state index in [0.29, 0.717) is 12.6 Å². The molecule has 0 spiro atoms. The minimum atomic E-state index is -0.163. The Morgan fingerprint density at radius 3 is 2.48 bits per heavy atom. The molecule has 1 saturated heterocycles. The molecule has 1 heterocycles. The van der Waals surface area contributed by atoms with Crippen LogP contribution in [-0.2, 0) is 4.79 Å². The van der Waals surface area contributed by atoms with Crippen molar-refractivity contribution in [2.45, 2.75) is 65.1 Å². The van der Waals surface area contributed by atoms with Crippen LogP contribution in [0.4, 0.5) is 0 Å². The first-order valence-electron chi connectivity index (χ1n) is 7.73. The Morgan fingerprint density at radius 1 is 1.43 bits per heavy atom. The van der Waals surface area contributed by atoms with Gasteiger partial charge in [-0.1, -0.05) is 0 Å². The van der Waals surface area contributed by atoms with E-state index in [4.69, 9.17) is 0 Å². The lowest BCUT2D eigenvalue weighted by Crippen LogP contribution is -2.66. The maximum Gasteiger partial charge on any atom is 0.242 e. The second-order valence-corrected chi connectivity index (χ2v) is 6.74. The van der Waals surface area contributed by atoms with Gasteiger partial charge in [0, 0.05) is 25.2 Å². The van der Waals surface area contributed by atoms with Crippen molar-refractivity contribution < 1.29 is 4.79 Å². The van der Waals surface area contributed by atoms with Gasteiger partial charge in [-0.2, -0.15) is 0 Å². The maximum absolute atomic E-state index is 12.5. The Morgan fingerprint density at radius 2 is 2.05 bits per heavy atom. The first-order valence-corrected chi connectivity index (χ1v) is 7.73. The van der Waals surface area contributed by atoms with Crippen molar-refractivity contribution in [1.82, 2.24) is 15.1 Å². The van der Waals surface area contributed by atoms with E-state index in [-0.39, 0.29) is 41.5 Å². The molecule has 6 heteroatoms. The topological polar surface area (TPSA) is 47.9 Å². The van der Waals surface area contributed by atoms with Gasteiger partial charge in [-0.15, -0.1) is 24.0 Å². The van der Waals surface area contributed by atoms with Crippen LogP contribution in [0.25, 0.3) is 0 Å². The fraction of sp³-hybridized carbons (Fsp3) is 0.867. The molecule has 1 N–H and O–H groups in total. The summed E-state index contributed by atoms with van der Waals surface area (Å²) in [7, 11) is 0. The molecule has 122 valence electrons. The van der Waals surface area contributed by atoms with Gasteiger partial charge in [-0.05, 0) is 47.5 Å². The van der Waals surface area contributed by atoms with E-state index in [1.54, 1.807) is 0 Å². The zero-order valence-corrected chi connectivity index (χ0v) is 16.2. The normalized spacial score (nSPS) is 22.4. The molecular formula is C15H29IN4O. The molecule has 0 bridgehead atoms. The van der Waals surface area contributed by atoms with Gasteiger partial charge in [0.25, 0.3) is 0 Å². The third-order valence-electron chi connectivity index (χ3n) is 3.86. The number of piperazine rings is 1. The smallest absolute Gasteiger partial charge is 0.242 e. The van der Waals surface area contributed by atoms with Crippen LogP contribution in [-0.4, -0.2) is 58.9 Å². The van der Waals surface area contributed by atoms with E-state index in [0.717, 1.165) is 19.0 Å². The lowest BCUT2D eigenvalue weighted by Gasteiger charge is -2.49. The highest BCUT2D eigenvalue weighted by Gasteiger charge is 2.41. The largest absolute Gasteiger partial charge is 0.353 e. The first-order chi connectivity index (χ1) is 9.35. The molecule has 21 heavy (non-hydrogen) atoms. The van der Waals surface area contributed by atoms with Gasteiger partial charge >= 0.3 is 0 Å². The zero-order valence-electron chi connectivity index (χ0n) is 13.8. The summed E-state index contributed by atoms with van der Waals surface area (Å²) in [6.45, 7) is 12.5. The summed E-state index contributed by atoms with van der Waals surface area (Å²) in [5.74, 6) is 1.09. The van der Waals surface area contributed by atoms with Crippen LogP contribution < -0.4 is 5.32 Å². The average molecular weight is 408 g/mol. The van der Waals surface area contributed by atoms with Crippen molar-refractivity contribution in [1.29, 1.82) is 0 Å². The molecule has 2 aliphatic rings. The zero-order chi connectivity index (χ0) is 14.9. The van der Waals surface area contributed by atoms with Crippen molar-refractivity contribution in [3.63, 3.8) is 0 Å². The summed E-state index contributed by atoms with van der Waals surface area (Å²) >= 11 is 0. The molecule has 2 fully saturated rings. The van der Waals surface area contributed by atoms with E-state index >= 15 is 0 Å². The van der Waals surface area contributed by atoms with Gasteiger partial charge in [0.15, 0.2) is 5.96 Å². The number of nitrogens with one attached hydrogen (secondary N) is 1. The number of guanidine groups is 1. The number of carbonyl (C=O) groups excluding carboxylic acids is 1. The van der Waals surface area contributed by atoms with Crippen LogP contribution in [0.5, 0.6) is 0 Å².